The van der Waals surface area contributed by atoms with Crippen molar-refractivity contribution in [2.45, 2.75) is 51.9 Å². The molecule has 0 amide bonds. The van der Waals surface area contributed by atoms with Crippen molar-refractivity contribution in [1.82, 2.24) is 0 Å². The van der Waals surface area contributed by atoms with Crippen molar-refractivity contribution in [2.24, 2.45) is 0 Å². The number of esters is 1. The van der Waals surface area contributed by atoms with E-state index in [1.165, 1.54) is 62.8 Å². The summed E-state index contributed by atoms with van der Waals surface area (Å²) in [5.41, 5.74) is 0.381. The molecule has 0 bridgehead atoms. The summed E-state index contributed by atoms with van der Waals surface area (Å²) in [5, 5.41) is 9.22. The molecule has 0 aliphatic carbocycles. The molecule has 0 atom stereocenters. The van der Waals surface area contributed by atoms with Gasteiger partial charge in [0.05, 0.1) is 91.5 Å². The highest BCUT2D eigenvalue weighted by Gasteiger charge is 2.06. The lowest BCUT2D eigenvalue weighted by atomic mass is 10.1. The Morgan fingerprint density at radius 1 is 0.500 bits per heavy atom. The number of carbonyl (C=O) groups excluding carboxylic acids is 1. The highest BCUT2D eigenvalue weighted by atomic mass is 16.6. The molecule has 10 heteroatoms. The Balaban J connectivity index is 1.67. The van der Waals surface area contributed by atoms with Crippen molar-refractivity contribution in [1.29, 1.82) is 0 Å². The van der Waals surface area contributed by atoms with Crippen LogP contribution in [-0.4, -0.2) is 110 Å². The van der Waals surface area contributed by atoms with Gasteiger partial charge in [0, 0.05) is 6.61 Å². The lowest BCUT2D eigenvalue weighted by Crippen LogP contribution is -2.15. The van der Waals surface area contributed by atoms with Gasteiger partial charge in [0.1, 0.15) is 12.4 Å². The third-order valence-corrected chi connectivity index (χ3v) is 5.69. The van der Waals surface area contributed by atoms with E-state index in [0.717, 1.165) is 13.0 Å². The van der Waals surface area contributed by atoms with Crippen LogP contribution < -0.4 is 0 Å². The Morgan fingerprint density at radius 3 is 1.27 bits per heavy atom. The number of phenols is 1. The van der Waals surface area contributed by atoms with Crippen LogP contribution in [0.4, 0.5) is 0 Å². The Morgan fingerprint density at radius 2 is 0.850 bits per heavy atom. The maximum atomic E-state index is 11.8. The summed E-state index contributed by atoms with van der Waals surface area (Å²) >= 11 is 0. The standard InChI is InChI=1S/C30H52O10/c1-2-3-4-5-6-7-8-13-33-14-15-34-16-17-35-18-19-36-20-21-37-22-23-38-24-25-39-26-27-40-30(32)28-9-11-29(31)12-10-28/h9-12,31H,2-8,13-27H2,1H3. The van der Waals surface area contributed by atoms with Gasteiger partial charge in [0.15, 0.2) is 0 Å². The molecular formula is C30H52O10. The topological polar surface area (TPSA) is 111 Å². The van der Waals surface area contributed by atoms with Crippen LogP contribution in [0.15, 0.2) is 24.3 Å². The number of phenolic OH excluding ortho intramolecular Hbond substituents is 1. The number of carbonyl (C=O) groups is 1. The van der Waals surface area contributed by atoms with Crippen molar-refractivity contribution < 1.29 is 47.8 Å². The van der Waals surface area contributed by atoms with Gasteiger partial charge in [-0.2, -0.15) is 0 Å². The largest absolute Gasteiger partial charge is 0.508 e. The zero-order chi connectivity index (χ0) is 28.8. The van der Waals surface area contributed by atoms with E-state index in [0.29, 0.717) is 84.8 Å². The van der Waals surface area contributed by atoms with Crippen LogP contribution >= 0.6 is 0 Å². The number of hydrogen-bond donors (Lipinski definition) is 1. The summed E-state index contributed by atoms with van der Waals surface area (Å²) in [6.45, 7) is 9.65. The molecule has 1 rings (SSSR count). The lowest BCUT2D eigenvalue weighted by molar-refractivity contribution is -0.0223. The van der Waals surface area contributed by atoms with Gasteiger partial charge in [0.2, 0.25) is 0 Å². The van der Waals surface area contributed by atoms with Crippen molar-refractivity contribution in [3.05, 3.63) is 29.8 Å². The fraction of sp³-hybridized carbons (Fsp3) is 0.767. The lowest BCUT2D eigenvalue weighted by Gasteiger charge is -2.09. The number of rotatable bonds is 30. The molecule has 1 N–H and O–H groups in total. The molecule has 0 aliphatic heterocycles. The summed E-state index contributed by atoms with van der Waals surface area (Å²) in [6.07, 6.45) is 9.07. The Bertz CT molecular complexity index is 671. The molecule has 0 heterocycles. The van der Waals surface area contributed by atoms with Crippen LogP contribution in [0.2, 0.25) is 0 Å². The van der Waals surface area contributed by atoms with E-state index in [1.807, 2.05) is 0 Å². The molecule has 0 fully saturated rings. The first-order valence-electron chi connectivity index (χ1n) is 14.7. The van der Waals surface area contributed by atoms with E-state index in [4.69, 9.17) is 37.9 Å². The summed E-state index contributed by atoms with van der Waals surface area (Å²) < 4.78 is 43.4. The third kappa shape index (κ3) is 24.0. The minimum absolute atomic E-state index is 0.0998. The highest BCUT2D eigenvalue weighted by molar-refractivity contribution is 5.89. The van der Waals surface area contributed by atoms with E-state index in [2.05, 4.69) is 6.92 Å². The first-order chi connectivity index (χ1) is 19.7. The van der Waals surface area contributed by atoms with Crippen molar-refractivity contribution >= 4 is 5.97 Å². The van der Waals surface area contributed by atoms with E-state index in [1.54, 1.807) is 0 Å². The molecular weight excluding hydrogens is 520 g/mol. The van der Waals surface area contributed by atoms with Gasteiger partial charge in [-0.1, -0.05) is 45.4 Å². The van der Waals surface area contributed by atoms with Crippen LogP contribution in [0.25, 0.3) is 0 Å². The molecule has 0 aliphatic rings. The first-order valence-corrected chi connectivity index (χ1v) is 14.7. The van der Waals surface area contributed by atoms with Gasteiger partial charge in [-0.25, -0.2) is 4.79 Å². The van der Waals surface area contributed by atoms with Crippen LogP contribution in [0.3, 0.4) is 0 Å². The average molecular weight is 573 g/mol. The monoisotopic (exact) mass is 572 g/mol. The quantitative estimate of drug-likeness (QED) is 0.105. The molecule has 0 radical (unpaired) electrons. The van der Waals surface area contributed by atoms with Gasteiger partial charge in [-0.05, 0) is 30.7 Å². The third-order valence-electron chi connectivity index (χ3n) is 5.69. The zero-order valence-electron chi connectivity index (χ0n) is 24.5. The number of aromatic hydroxyl groups is 1. The minimum Gasteiger partial charge on any atom is -0.508 e. The van der Waals surface area contributed by atoms with E-state index >= 15 is 0 Å². The molecule has 232 valence electrons. The summed E-state index contributed by atoms with van der Waals surface area (Å²) in [7, 11) is 0. The first kappa shape index (κ1) is 36.2. The molecule has 0 unspecified atom stereocenters. The molecule has 0 spiro atoms. The maximum Gasteiger partial charge on any atom is 0.338 e. The van der Waals surface area contributed by atoms with Crippen LogP contribution in [0.1, 0.15) is 62.2 Å². The summed E-state index contributed by atoms with van der Waals surface area (Å²) in [4.78, 5) is 11.8. The van der Waals surface area contributed by atoms with Gasteiger partial charge >= 0.3 is 5.97 Å². The zero-order valence-corrected chi connectivity index (χ0v) is 24.5. The Kier molecular flexibility index (Phi) is 26.0. The number of unbranched alkanes of at least 4 members (excludes halogenated alkanes) is 6. The molecule has 1 aromatic carbocycles. The number of ether oxygens (including phenoxy) is 8. The number of benzene rings is 1. The van der Waals surface area contributed by atoms with Gasteiger partial charge in [0.25, 0.3) is 0 Å². The van der Waals surface area contributed by atoms with Gasteiger partial charge in [-0.15, -0.1) is 0 Å². The second kappa shape index (κ2) is 28.7. The summed E-state index contributed by atoms with van der Waals surface area (Å²) in [5.74, 6) is -0.355. The Hall–Kier alpha value is -1.79. The van der Waals surface area contributed by atoms with Gasteiger partial charge in [-0.3, -0.25) is 0 Å². The molecule has 1 aromatic rings. The van der Waals surface area contributed by atoms with Crippen molar-refractivity contribution in [3.8, 4) is 5.75 Å². The van der Waals surface area contributed by atoms with E-state index in [9.17, 15) is 9.90 Å². The molecule has 0 aromatic heterocycles. The van der Waals surface area contributed by atoms with Crippen molar-refractivity contribution in [3.63, 3.8) is 0 Å². The van der Waals surface area contributed by atoms with Crippen LogP contribution in [0.5, 0.6) is 5.75 Å². The second-order valence-electron chi connectivity index (χ2n) is 9.09. The predicted molar refractivity (Wildman–Crippen MR) is 152 cm³/mol. The Labute approximate surface area is 240 Å². The van der Waals surface area contributed by atoms with Crippen molar-refractivity contribution in [2.75, 3.05) is 99.1 Å². The molecule has 40 heavy (non-hydrogen) atoms. The predicted octanol–water partition coefficient (Wildman–Crippen LogP) is 4.42. The fourth-order valence-corrected chi connectivity index (χ4v) is 3.46. The average Bonchev–Trinajstić information content (AvgIpc) is 2.96. The normalized spacial score (nSPS) is 11.2. The van der Waals surface area contributed by atoms with E-state index < -0.39 is 5.97 Å². The smallest absolute Gasteiger partial charge is 0.338 e. The SMILES string of the molecule is CCCCCCCCCOCCOCCOCCOCCOCCOCCOCCOC(=O)c1ccc(O)cc1. The van der Waals surface area contributed by atoms with Crippen LogP contribution in [-0.2, 0) is 37.9 Å². The highest BCUT2D eigenvalue weighted by Crippen LogP contribution is 2.10. The van der Waals surface area contributed by atoms with Crippen LogP contribution in [0, 0.1) is 0 Å². The maximum absolute atomic E-state index is 11.8. The van der Waals surface area contributed by atoms with Gasteiger partial charge < -0.3 is 43.0 Å². The minimum atomic E-state index is -0.455. The second-order valence-corrected chi connectivity index (χ2v) is 9.09. The summed E-state index contributed by atoms with van der Waals surface area (Å²) in [6, 6.07) is 5.88. The fourth-order valence-electron chi connectivity index (χ4n) is 3.46. The molecule has 0 saturated carbocycles. The molecule has 0 saturated heterocycles. The number of hydrogen-bond acceptors (Lipinski definition) is 10. The molecule has 10 nitrogen and oxygen atoms in total. The van der Waals surface area contributed by atoms with E-state index in [-0.39, 0.29) is 19.0 Å².